The summed E-state index contributed by atoms with van der Waals surface area (Å²) in [6.07, 6.45) is 4.95. The quantitative estimate of drug-likeness (QED) is 0.754. The Morgan fingerprint density at radius 3 is 2.61 bits per heavy atom. The van der Waals surface area contributed by atoms with Crippen LogP contribution in [0.4, 0.5) is 4.79 Å². The van der Waals surface area contributed by atoms with Gasteiger partial charge in [0.25, 0.3) is 0 Å². The minimum Gasteiger partial charge on any atom is -0.444 e. The Bertz CT molecular complexity index is 914. The first-order chi connectivity index (χ1) is 14.6. The van der Waals surface area contributed by atoms with Gasteiger partial charge in [-0.1, -0.05) is 0 Å². The van der Waals surface area contributed by atoms with Crippen molar-refractivity contribution in [3.63, 3.8) is 0 Å². The van der Waals surface area contributed by atoms with Gasteiger partial charge in [-0.05, 0) is 70.4 Å². The fourth-order valence-electron chi connectivity index (χ4n) is 4.57. The number of carbonyl (C=O) groups is 2. The minimum atomic E-state index is -0.500. The number of likely N-dealkylation sites (tertiary alicyclic amines) is 1. The summed E-state index contributed by atoms with van der Waals surface area (Å²) in [6.45, 7) is 9.57. The zero-order valence-electron chi connectivity index (χ0n) is 18.8. The van der Waals surface area contributed by atoms with Crippen molar-refractivity contribution in [1.82, 2.24) is 25.3 Å². The van der Waals surface area contributed by atoms with E-state index in [0.29, 0.717) is 24.8 Å². The zero-order valence-corrected chi connectivity index (χ0v) is 18.8. The maximum absolute atomic E-state index is 12.3. The number of hydrogen-bond acceptors (Lipinski definition) is 7. The van der Waals surface area contributed by atoms with Gasteiger partial charge in [-0.3, -0.25) is 4.79 Å². The predicted molar refractivity (Wildman–Crippen MR) is 115 cm³/mol. The van der Waals surface area contributed by atoms with Gasteiger partial charge in [0.2, 0.25) is 5.91 Å². The van der Waals surface area contributed by atoms with Crippen LogP contribution in [0.25, 0.3) is 5.70 Å². The molecule has 1 unspecified atom stereocenters. The Balaban J connectivity index is 1.47. The number of rotatable bonds is 3. The molecule has 168 valence electrons. The average Bonchev–Trinajstić information content (AvgIpc) is 3.06. The van der Waals surface area contributed by atoms with E-state index in [0.717, 1.165) is 54.8 Å². The van der Waals surface area contributed by atoms with Crippen molar-refractivity contribution in [2.75, 3.05) is 19.6 Å². The topological polar surface area (TPSA) is 114 Å². The highest BCUT2D eigenvalue weighted by Gasteiger charge is 2.40. The van der Waals surface area contributed by atoms with Crippen LogP contribution in [0, 0.1) is 12.8 Å². The number of nitrogens with two attached hydrogens (primary N) is 1. The third-order valence-electron chi connectivity index (χ3n) is 6.07. The molecule has 0 saturated carbocycles. The summed E-state index contributed by atoms with van der Waals surface area (Å²) in [5.41, 5.74) is 12.5. The number of nitrogens with one attached hydrogen (secondary N) is 1. The molecule has 2 aliphatic heterocycles. The highest BCUT2D eigenvalue weighted by atomic mass is 16.6. The van der Waals surface area contributed by atoms with Gasteiger partial charge in [-0.2, -0.15) is 0 Å². The molecule has 0 aromatic carbocycles. The summed E-state index contributed by atoms with van der Waals surface area (Å²) in [5, 5.41) is 2.06. The number of piperidine rings is 1. The molecule has 1 aliphatic carbocycles. The van der Waals surface area contributed by atoms with E-state index in [1.54, 1.807) is 4.90 Å². The Morgan fingerprint density at radius 2 is 1.97 bits per heavy atom. The number of aryl methyl sites for hydroxylation is 2. The van der Waals surface area contributed by atoms with E-state index in [1.165, 1.54) is 0 Å². The Hall–Kier alpha value is -2.68. The van der Waals surface area contributed by atoms with Gasteiger partial charge in [0, 0.05) is 25.8 Å². The number of hydrogen-bond donors (Lipinski definition) is 2. The van der Waals surface area contributed by atoms with Crippen molar-refractivity contribution in [2.24, 2.45) is 11.7 Å². The molecule has 0 radical (unpaired) electrons. The SMILES string of the molecule is Cc1ncc2c(n1)C1=C(CC2)C(C(N)=O)NN1CC1CCN(C(=O)OC(C)(C)C)CC1. The van der Waals surface area contributed by atoms with Crippen molar-refractivity contribution in [3.8, 4) is 0 Å². The molecule has 3 N–H and O–H groups in total. The monoisotopic (exact) mass is 428 g/mol. The number of fused-ring (bicyclic) bond motifs is 2. The lowest BCUT2D eigenvalue weighted by Gasteiger charge is -2.36. The van der Waals surface area contributed by atoms with Crippen molar-refractivity contribution in [2.45, 2.75) is 65.0 Å². The molecule has 1 aromatic heterocycles. The standard InChI is InChI=1S/C22H32N6O3/c1-13-24-11-15-5-6-16-18(20(23)29)26-28(19(16)17(15)25-13)12-14-7-9-27(10-8-14)21(30)31-22(2,3)4/h11,14,18,26H,5-10,12H2,1-4H3,(H2,23,29). The normalized spacial score (nSPS) is 21.7. The van der Waals surface area contributed by atoms with Crippen molar-refractivity contribution in [1.29, 1.82) is 0 Å². The average molecular weight is 429 g/mol. The van der Waals surface area contributed by atoms with Crippen molar-refractivity contribution >= 4 is 17.7 Å². The highest BCUT2D eigenvalue weighted by Crippen LogP contribution is 2.38. The van der Waals surface area contributed by atoms with E-state index in [1.807, 2.05) is 33.9 Å². The summed E-state index contributed by atoms with van der Waals surface area (Å²) in [5.74, 6) is 0.712. The predicted octanol–water partition coefficient (Wildman–Crippen LogP) is 1.76. The molecular weight excluding hydrogens is 396 g/mol. The first kappa shape index (κ1) is 21.5. The van der Waals surface area contributed by atoms with E-state index in [-0.39, 0.29) is 12.0 Å². The lowest BCUT2D eigenvalue weighted by atomic mass is 9.90. The molecule has 3 aliphatic rings. The van der Waals surface area contributed by atoms with Crippen molar-refractivity contribution in [3.05, 3.63) is 28.9 Å². The molecule has 9 nitrogen and oxygen atoms in total. The second-order valence-corrected chi connectivity index (χ2v) is 9.65. The van der Waals surface area contributed by atoms with Gasteiger partial charge < -0.3 is 20.4 Å². The molecule has 1 atom stereocenters. The maximum Gasteiger partial charge on any atom is 0.410 e. The van der Waals surface area contributed by atoms with E-state index >= 15 is 0 Å². The number of ether oxygens (including phenoxy) is 1. The van der Waals surface area contributed by atoms with Gasteiger partial charge in [-0.25, -0.2) is 20.2 Å². The first-order valence-corrected chi connectivity index (χ1v) is 11.0. The van der Waals surface area contributed by atoms with Crippen LogP contribution in [-0.4, -0.2) is 63.2 Å². The molecule has 0 spiro atoms. The fraction of sp³-hybridized carbons (Fsp3) is 0.636. The van der Waals surface area contributed by atoms with Gasteiger partial charge in [0.15, 0.2) is 0 Å². The number of primary amides is 1. The number of aromatic nitrogens is 2. The summed E-state index contributed by atoms with van der Waals surface area (Å²) in [7, 11) is 0. The smallest absolute Gasteiger partial charge is 0.410 e. The van der Waals surface area contributed by atoms with Crippen LogP contribution in [0.5, 0.6) is 0 Å². The second-order valence-electron chi connectivity index (χ2n) is 9.65. The Labute approximate surface area is 183 Å². The Kier molecular flexibility index (Phi) is 5.63. The summed E-state index contributed by atoms with van der Waals surface area (Å²) >= 11 is 0. The van der Waals surface area contributed by atoms with Crippen LogP contribution in [0.15, 0.2) is 11.8 Å². The lowest BCUT2D eigenvalue weighted by molar-refractivity contribution is -0.119. The van der Waals surface area contributed by atoms with E-state index < -0.39 is 11.6 Å². The van der Waals surface area contributed by atoms with E-state index in [2.05, 4.69) is 15.4 Å². The van der Waals surface area contributed by atoms with Crippen LogP contribution in [0.1, 0.15) is 57.1 Å². The molecule has 0 bridgehead atoms. The van der Waals surface area contributed by atoms with Gasteiger partial charge in [-0.15, -0.1) is 0 Å². The summed E-state index contributed by atoms with van der Waals surface area (Å²) < 4.78 is 5.50. The third kappa shape index (κ3) is 4.51. The summed E-state index contributed by atoms with van der Waals surface area (Å²) in [4.78, 5) is 35.3. The molecular formula is C22H32N6O3. The molecule has 3 heterocycles. The molecule has 1 fully saturated rings. The number of amides is 2. The fourth-order valence-corrected chi connectivity index (χ4v) is 4.57. The van der Waals surface area contributed by atoms with Crippen molar-refractivity contribution < 1.29 is 14.3 Å². The van der Waals surface area contributed by atoms with Gasteiger partial charge in [0.1, 0.15) is 17.5 Å². The van der Waals surface area contributed by atoms with Crippen LogP contribution in [-0.2, 0) is 16.0 Å². The maximum atomic E-state index is 12.3. The Morgan fingerprint density at radius 1 is 1.26 bits per heavy atom. The van der Waals surface area contributed by atoms with Gasteiger partial charge >= 0.3 is 6.09 Å². The zero-order chi connectivity index (χ0) is 22.3. The van der Waals surface area contributed by atoms with E-state index in [4.69, 9.17) is 15.5 Å². The minimum absolute atomic E-state index is 0.252. The van der Waals surface area contributed by atoms with Crippen LogP contribution < -0.4 is 11.2 Å². The molecule has 4 rings (SSSR count). The molecule has 1 aromatic rings. The van der Waals surface area contributed by atoms with E-state index in [9.17, 15) is 9.59 Å². The molecule has 9 heteroatoms. The lowest BCUT2D eigenvalue weighted by Crippen LogP contribution is -2.48. The largest absolute Gasteiger partial charge is 0.444 e. The summed E-state index contributed by atoms with van der Waals surface area (Å²) in [6, 6.07) is -0.500. The highest BCUT2D eigenvalue weighted by molar-refractivity contribution is 5.89. The van der Waals surface area contributed by atoms with Gasteiger partial charge in [0.05, 0.1) is 11.4 Å². The molecule has 31 heavy (non-hydrogen) atoms. The number of nitrogens with zero attached hydrogens (tertiary/aromatic N) is 4. The number of carbonyl (C=O) groups excluding carboxylic acids is 2. The molecule has 2 amide bonds. The second kappa shape index (κ2) is 8.11. The van der Waals surface area contributed by atoms with Crippen LogP contribution in [0.3, 0.4) is 0 Å². The van der Waals surface area contributed by atoms with Crippen LogP contribution >= 0.6 is 0 Å². The first-order valence-electron chi connectivity index (χ1n) is 11.0. The molecule has 1 saturated heterocycles. The third-order valence-corrected chi connectivity index (χ3v) is 6.07. The number of hydrazine groups is 1. The van der Waals surface area contributed by atoms with Crippen LogP contribution in [0.2, 0.25) is 0 Å².